The van der Waals surface area contributed by atoms with E-state index in [4.69, 9.17) is 4.74 Å². The Labute approximate surface area is 217 Å². The van der Waals surface area contributed by atoms with Crippen molar-refractivity contribution in [2.75, 3.05) is 25.6 Å². The van der Waals surface area contributed by atoms with Crippen molar-refractivity contribution in [1.29, 1.82) is 0 Å². The maximum absolute atomic E-state index is 13.1. The van der Waals surface area contributed by atoms with E-state index >= 15 is 0 Å². The predicted octanol–water partition coefficient (Wildman–Crippen LogP) is 1.85. The highest BCUT2D eigenvalue weighted by Gasteiger charge is 2.23. The van der Waals surface area contributed by atoms with Crippen molar-refractivity contribution in [3.8, 4) is 0 Å². The Morgan fingerprint density at radius 3 is 2.59 bits per heavy atom. The number of carbonyl (C=O) groups excluding carboxylic acids is 3. The van der Waals surface area contributed by atoms with Crippen molar-refractivity contribution in [1.82, 2.24) is 24.8 Å². The fourth-order valence-corrected chi connectivity index (χ4v) is 3.64. The number of allylic oxidation sites excluding steroid dienone is 1. The molecule has 3 N–H and O–H groups in total. The van der Waals surface area contributed by atoms with Crippen LogP contribution in [0.4, 0.5) is 5.69 Å². The standard InChI is InChI=1S/C26H38N6O5/c1-5-19(6-2)15-28-23(33)17-32-13-10-12-21(26(32)36)30-24(34)20(11-8-7-9-14-37-4)29-25(35)22-16-27-18-31(22)3/h7,9-10,12-13,16,18-20H,5-6,8,11,14-15,17H2,1-4H3,(H,28,33)(H,29,35)(H,30,34)/b9-7+/t20-/m0/s1. The van der Waals surface area contributed by atoms with Gasteiger partial charge < -0.3 is 29.8 Å². The van der Waals surface area contributed by atoms with Crippen LogP contribution in [-0.4, -0.2) is 58.1 Å². The van der Waals surface area contributed by atoms with Crippen molar-refractivity contribution in [3.05, 3.63) is 59.1 Å². The number of pyridine rings is 1. The molecular weight excluding hydrogens is 476 g/mol. The molecule has 0 fully saturated rings. The highest BCUT2D eigenvalue weighted by atomic mass is 16.5. The third-order valence-electron chi connectivity index (χ3n) is 6.06. The van der Waals surface area contributed by atoms with E-state index in [-0.39, 0.29) is 18.1 Å². The third kappa shape index (κ3) is 9.34. The predicted molar refractivity (Wildman–Crippen MR) is 141 cm³/mol. The SMILES string of the molecule is CCC(CC)CNC(=O)Cn1cccc(NC(=O)[C@H](CC/C=C/COC)NC(=O)c2cncn2C)c1=O. The number of anilines is 1. The first kappa shape index (κ1) is 29.5. The van der Waals surface area contributed by atoms with Crippen LogP contribution in [0.3, 0.4) is 0 Å². The van der Waals surface area contributed by atoms with Crippen LogP contribution in [-0.2, 0) is 27.9 Å². The molecule has 3 amide bonds. The molecule has 0 saturated carbocycles. The molecule has 11 heteroatoms. The second-order valence-corrected chi connectivity index (χ2v) is 8.75. The normalized spacial score (nSPS) is 12.0. The summed E-state index contributed by atoms with van der Waals surface area (Å²) in [6.45, 7) is 4.97. The number of imidazole rings is 1. The highest BCUT2D eigenvalue weighted by molar-refractivity contribution is 6.00. The van der Waals surface area contributed by atoms with E-state index in [1.165, 1.54) is 29.4 Å². The van der Waals surface area contributed by atoms with E-state index in [0.717, 1.165) is 12.8 Å². The van der Waals surface area contributed by atoms with Gasteiger partial charge in [0.1, 0.15) is 24.0 Å². The van der Waals surface area contributed by atoms with Crippen molar-refractivity contribution >= 4 is 23.4 Å². The number of hydrogen-bond acceptors (Lipinski definition) is 6. The summed E-state index contributed by atoms with van der Waals surface area (Å²) in [5.41, 5.74) is -0.186. The summed E-state index contributed by atoms with van der Waals surface area (Å²) in [6, 6.07) is 2.14. The summed E-state index contributed by atoms with van der Waals surface area (Å²) in [6.07, 6.45) is 10.8. The Morgan fingerprint density at radius 2 is 1.95 bits per heavy atom. The first-order valence-electron chi connectivity index (χ1n) is 12.5. The van der Waals surface area contributed by atoms with Gasteiger partial charge in [-0.05, 0) is 30.9 Å². The average Bonchev–Trinajstić information content (AvgIpc) is 3.32. The summed E-state index contributed by atoms with van der Waals surface area (Å²) in [7, 11) is 3.26. The maximum atomic E-state index is 13.1. The molecule has 2 heterocycles. The maximum Gasteiger partial charge on any atom is 0.274 e. The smallest absolute Gasteiger partial charge is 0.274 e. The molecule has 0 spiro atoms. The lowest BCUT2D eigenvalue weighted by Crippen LogP contribution is -2.45. The third-order valence-corrected chi connectivity index (χ3v) is 6.06. The summed E-state index contributed by atoms with van der Waals surface area (Å²) < 4.78 is 7.77. The molecule has 1 atom stereocenters. The number of ether oxygens (including phenoxy) is 1. The number of amides is 3. The minimum Gasteiger partial charge on any atom is -0.381 e. The van der Waals surface area contributed by atoms with Gasteiger partial charge in [0, 0.05) is 26.9 Å². The molecule has 37 heavy (non-hydrogen) atoms. The summed E-state index contributed by atoms with van der Waals surface area (Å²) >= 11 is 0. The zero-order chi connectivity index (χ0) is 27.2. The zero-order valence-electron chi connectivity index (χ0n) is 22.0. The lowest BCUT2D eigenvalue weighted by molar-refractivity contribution is -0.122. The minimum absolute atomic E-state index is 0.0231. The first-order valence-corrected chi connectivity index (χ1v) is 12.5. The molecule has 0 bridgehead atoms. The molecule has 2 aromatic heterocycles. The van der Waals surface area contributed by atoms with Crippen LogP contribution in [0, 0.1) is 5.92 Å². The van der Waals surface area contributed by atoms with Gasteiger partial charge in [-0.1, -0.05) is 38.8 Å². The van der Waals surface area contributed by atoms with E-state index in [9.17, 15) is 19.2 Å². The van der Waals surface area contributed by atoms with Gasteiger partial charge in [0.25, 0.3) is 11.5 Å². The van der Waals surface area contributed by atoms with Crippen LogP contribution in [0.2, 0.25) is 0 Å². The molecule has 0 aliphatic heterocycles. The number of nitrogens with zero attached hydrogens (tertiary/aromatic N) is 3. The average molecular weight is 515 g/mol. The van der Waals surface area contributed by atoms with Gasteiger partial charge in [-0.25, -0.2) is 4.98 Å². The van der Waals surface area contributed by atoms with Gasteiger partial charge in [-0.3, -0.25) is 19.2 Å². The Kier molecular flexibility index (Phi) is 12.3. The van der Waals surface area contributed by atoms with Gasteiger partial charge in [-0.15, -0.1) is 0 Å². The van der Waals surface area contributed by atoms with Gasteiger partial charge in [-0.2, -0.15) is 0 Å². The summed E-state index contributed by atoms with van der Waals surface area (Å²) in [5, 5.41) is 8.21. The molecule has 0 saturated heterocycles. The minimum atomic E-state index is -0.911. The van der Waals surface area contributed by atoms with Crippen LogP contribution < -0.4 is 21.5 Å². The molecule has 0 unspecified atom stereocenters. The lowest BCUT2D eigenvalue weighted by Gasteiger charge is -2.18. The topological polar surface area (TPSA) is 136 Å². The first-order chi connectivity index (χ1) is 17.8. The molecule has 2 rings (SSSR count). The van der Waals surface area contributed by atoms with E-state index in [1.807, 2.05) is 12.2 Å². The van der Waals surface area contributed by atoms with E-state index in [2.05, 4.69) is 34.8 Å². The van der Waals surface area contributed by atoms with E-state index in [1.54, 1.807) is 24.8 Å². The summed E-state index contributed by atoms with van der Waals surface area (Å²) in [4.78, 5) is 55.1. The van der Waals surface area contributed by atoms with Crippen LogP contribution in [0.15, 0.2) is 47.8 Å². The number of rotatable bonds is 15. The Morgan fingerprint density at radius 1 is 1.19 bits per heavy atom. The molecule has 0 aliphatic rings. The van der Waals surface area contributed by atoms with Crippen LogP contribution in [0.25, 0.3) is 0 Å². The molecule has 0 aliphatic carbocycles. The number of aromatic nitrogens is 3. The molecule has 2 aromatic rings. The Balaban J connectivity index is 2.11. The number of methoxy groups -OCH3 is 1. The van der Waals surface area contributed by atoms with Crippen LogP contribution >= 0.6 is 0 Å². The largest absolute Gasteiger partial charge is 0.381 e. The van der Waals surface area contributed by atoms with E-state index < -0.39 is 23.4 Å². The Bertz CT molecular complexity index is 1120. The van der Waals surface area contributed by atoms with Gasteiger partial charge in [0.2, 0.25) is 11.8 Å². The highest BCUT2D eigenvalue weighted by Crippen LogP contribution is 2.08. The van der Waals surface area contributed by atoms with Crippen LogP contribution in [0.1, 0.15) is 50.0 Å². The number of aryl methyl sites for hydroxylation is 1. The van der Waals surface area contributed by atoms with E-state index in [0.29, 0.717) is 37.6 Å². The van der Waals surface area contributed by atoms with Crippen molar-refractivity contribution in [2.45, 2.75) is 52.1 Å². The lowest BCUT2D eigenvalue weighted by atomic mass is 10.0. The van der Waals surface area contributed by atoms with Gasteiger partial charge >= 0.3 is 0 Å². The number of nitrogens with one attached hydrogen (secondary N) is 3. The molecule has 0 radical (unpaired) electrons. The second-order valence-electron chi connectivity index (χ2n) is 8.75. The fourth-order valence-electron chi connectivity index (χ4n) is 3.64. The second kappa shape index (κ2) is 15.4. The zero-order valence-corrected chi connectivity index (χ0v) is 22.0. The fraction of sp³-hybridized carbons (Fsp3) is 0.500. The molecule has 202 valence electrons. The summed E-state index contributed by atoms with van der Waals surface area (Å²) in [5.74, 6) is -0.889. The van der Waals surface area contributed by atoms with Gasteiger partial charge in [0.15, 0.2) is 0 Å². The van der Waals surface area contributed by atoms with Crippen molar-refractivity contribution < 1.29 is 19.1 Å². The molecule has 11 nitrogen and oxygen atoms in total. The quantitative estimate of drug-likeness (QED) is 0.310. The molecule has 0 aromatic carbocycles. The van der Waals surface area contributed by atoms with Crippen molar-refractivity contribution in [2.24, 2.45) is 13.0 Å². The number of carbonyl (C=O) groups is 3. The van der Waals surface area contributed by atoms with Crippen molar-refractivity contribution in [3.63, 3.8) is 0 Å². The monoisotopic (exact) mass is 514 g/mol. The van der Waals surface area contributed by atoms with Crippen LogP contribution in [0.5, 0.6) is 0 Å². The molecular formula is C26H38N6O5. The number of hydrogen-bond donors (Lipinski definition) is 3. The van der Waals surface area contributed by atoms with Gasteiger partial charge in [0.05, 0.1) is 19.1 Å². The Hall–Kier alpha value is -3.73.